The summed E-state index contributed by atoms with van der Waals surface area (Å²) in [7, 11) is 0. The van der Waals surface area contributed by atoms with Crippen molar-refractivity contribution >= 4 is 23.5 Å². The Bertz CT molecular complexity index is 474. The highest BCUT2D eigenvalue weighted by atomic mass is 35.5. The highest BCUT2D eigenvalue weighted by Crippen LogP contribution is 2.21. The second-order valence-electron chi connectivity index (χ2n) is 3.21. The largest absolute Gasteiger partial charge is 0.463 e. The van der Waals surface area contributed by atoms with Gasteiger partial charge in [0.15, 0.2) is 0 Å². The Morgan fingerprint density at radius 1 is 1.33 bits per heavy atom. The molecule has 1 aromatic heterocycles. The number of aliphatic imine (C=N–C) groups is 1. The molecule has 0 aliphatic heterocycles. The summed E-state index contributed by atoms with van der Waals surface area (Å²) in [5.41, 5.74) is 1.87. The molecule has 0 aliphatic carbocycles. The van der Waals surface area contributed by atoms with Gasteiger partial charge in [-0.15, -0.1) is 0 Å². The SMILES string of the molecule is Cc1ccc(N=Cc2ccco2)cc1Cl. The van der Waals surface area contributed by atoms with Gasteiger partial charge in [-0.05, 0) is 36.8 Å². The van der Waals surface area contributed by atoms with Gasteiger partial charge in [0, 0.05) is 5.02 Å². The van der Waals surface area contributed by atoms with Gasteiger partial charge in [0.05, 0.1) is 18.2 Å². The Balaban J connectivity index is 2.21. The highest BCUT2D eigenvalue weighted by Gasteiger charge is 1.96. The Kier molecular flexibility index (Phi) is 2.88. The molecule has 2 aromatic rings. The number of nitrogens with zero attached hydrogens (tertiary/aromatic N) is 1. The molecule has 0 atom stereocenters. The van der Waals surface area contributed by atoms with Crippen LogP contribution in [0.15, 0.2) is 46.0 Å². The number of hydrogen-bond donors (Lipinski definition) is 0. The van der Waals surface area contributed by atoms with Gasteiger partial charge >= 0.3 is 0 Å². The molecule has 0 N–H and O–H groups in total. The van der Waals surface area contributed by atoms with Crippen molar-refractivity contribution in [1.82, 2.24) is 0 Å². The van der Waals surface area contributed by atoms with Crippen LogP contribution in [-0.4, -0.2) is 6.21 Å². The zero-order chi connectivity index (χ0) is 10.7. The maximum absolute atomic E-state index is 5.98. The van der Waals surface area contributed by atoms with E-state index in [1.807, 2.05) is 37.3 Å². The van der Waals surface area contributed by atoms with Gasteiger partial charge in [-0.3, -0.25) is 4.99 Å². The predicted octanol–water partition coefficient (Wildman–Crippen LogP) is 3.99. The van der Waals surface area contributed by atoms with Crippen molar-refractivity contribution in [2.24, 2.45) is 4.99 Å². The van der Waals surface area contributed by atoms with E-state index in [4.69, 9.17) is 16.0 Å². The minimum absolute atomic E-state index is 0.726. The third-order valence-electron chi connectivity index (χ3n) is 2.04. The molecule has 1 heterocycles. The summed E-state index contributed by atoms with van der Waals surface area (Å²) in [4.78, 5) is 4.25. The minimum Gasteiger partial charge on any atom is -0.463 e. The van der Waals surface area contributed by atoms with E-state index in [-0.39, 0.29) is 0 Å². The van der Waals surface area contributed by atoms with Crippen molar-refractivity contribution in [1.29, 1.82) is 0 Å². The Labute approximate surface area is 93.2 Å². The van der Waals surface area contributed by atoms with Crippen LogP contribution in [0.4, 0.5) is 5.69 Å². The zero-order valence-corrected chi connectivity index (χ0v) is 9.03. The van der Waals surface area contributed by atoms with Gasteiger partial charge in [-0.2, -0.15) is 0 Å². The van der Waals surface area contributed by atoms with Crippen molar-refractivity contribution in [3.05, 3.63) is 52.9 Å². The average molecular weight is 220 g/mol. The first-order valence-corrected chi connectivity index (χ1v) is 4.97. The highest BCUT2D eigenvalue weighted by molar-refractivity contribution is 6.31. The molecule has 0 radical (unpaired) electrons. The van der Waals surface area contributed by atoms with Crippen LogP contribution in [0.3, 0.4) is 0 Å². The van der Waals surface area contributed by atoms with E-state index in [1.165, 1.54) is 0 Å². The number of furan rings is 1. The van der Waals surface area contributed by atoms with E-state index in [2.05, 4.69) is 4.99 Å². The summed E-state index contributed by atoms with van der Waals surface area (Å²) in [6.07, 6.45) is 3.28. The first kappa shape index (κ1) is 9.99. The maximum Gasteiger partial charge on any atom is 0.144 e. The fourth-order valence-corrected chi connectivity index (χ4v) is 1.34. The second-order valence-corrected chi connectivity index (χ2v) is 3.61. The van der Waals surface area contributed by atoms with Crippen LogP contribution < -0.4 is 0 Å². The van der Waals surface area contributed by atoms with Crippen molar-refractivity contribution in [3.63, 3.8) is 0 Å². The van der Waals surface area contributed by atoms with E-state index < -0.39 is 0 Å². The van der Waals surface area contributed by atoms with Gasteiger partial charge in [0.25, 0.3) is 0 Å². The first-order valence-electron chi connectivity index (χ1n) is 4.59. The molecule has 0 spiro atoms. The van der Waals surface area contributed by atoms with Crippen molar-refractivity contribution < 1.29 is 4.42 Å². The number of aryl methyl sites for hydroxylation is 1. The molecule has 15 heavy (non-hydrogen) atoms. The summed E-state index contributed by atoms with van der Waals surface area (Å²) in [6, 6.07) is 9.36. The Hall–Kier alpha value is -1.54. The van der Waals surface area contributed by atoms with Gasteiger partial charge < -0.3 is 4.42 Å². The summed E-state index contributed by atoms with van der Waals surface area (Å²) in [5, 5.41) is 0.726. The van der Waals surface area contributed by atoms with Gasteiger partial charge in [0.2, 0.25) is 0 Å². The van der Waals surface area contributed by atoms with Crippen molar-refractivity contribution in [2.45, 2.75) is 6.92 Å². The molecular weight excluding hydrogens is 210 g/mol. The van der Waals surface area contributed by atoms with Gasteiger partial charge in [-0.1, -0.05) is 17.7 Å². The standard InChI is InChI=1S/C12H10ClNO/c1-9-4-5-10(7-12(9)13)14-8-11-3-2-6-15-11/h2-8H,1H3. The lowest BCUT2D eigenvalue weighted by atomic mass is 10.2. The molecule has 3 heteroatoms. The van der Waals surface area contributed by atoms with Crippen LogP contribution in [0.1, 0.15) is 11.3 Å². The lowest BCUT2D eigenvalue weighted by Gasteiger charge is -1.97. The zero-order valence-electron chi connectivity index (χ0n) is 8.27. The third-order valence-corrected chi connectivity index (χ3v) is 2.45. The van der Waals surface area contributed by atoms with Crippen LogP contribution in [0, 0.1) is 6.92 Å². The van der Waals surface area contributed by atoms with E-state index >= 15 is 0 Å². The summed E-state index contributed by atoms with van der Waals surface area (Å²) in [6.45, 7) is 1.96. The number of benzene rings is 1. The Morgan fingerprint density at radius 2 is 2.20 bits per heavy atom. The minimum atomic E-state index is 0.726. The van der Waals surface area contributed by atoms with E-state index in [1.54, 1.807) is 12.5 Å². The maximum atomic E-state index is 5.98. The molecule has 0 saturated carbocycles. The summed E-state index contributed by atoms with van der Waals surface area (Å²) in [5.74, 6) is 0.728. The predicted molar refractivity (Wildman–Crippen MR) is 62.2 cm³/mol. The number of rotatable bonds is 2. The quantitative estimate of drug-likeness (QED) is 0.701. The van der Waals surface area contributed by atoms with Crippen LogP contribution in [0.2, 0.25) is 5.02 Å². The lowest BCUT2D eigenvalue weighted by molar-refractivity contribution is 0.560. The molecular formula is C12H10ClNO. The molecule has 76 valence electrons. The molecule has 0 aliphatic rings. The molecule has 1 aromatic carbocycles. The molecule has 0 unspecified atom stereocenters. The monoisotopic (exact) mass is 219 g/mol. The molecule has 2 rings (SSSR count). The van der Waals surface area contributed by atoms with Crippen LogP contribution >= 0.6 is 11.6 Å². The van der Waals surface area contributed by atoms with E-state index in [9.17, 15) is 0 Å². The first-order chi connectivity index (χ1) is 7.25. The topological polar surface area (TPSA) is 25.5 Å². The van der Waals surface area contributed by atoms with Crippen LogP contribution in [-0.2, 0) is 0 Å². The van der Waals surface area contributed by atoms with Crippen molar-refractivity contribution in [3.8, 4) is 0 Å². The number of hydrogen-bond acceptors (Lipinski definition) is 2. The van der Waals surface area contributed by atoms with Crippen LogP contribution in [0.25, 0.3) is 0 Å². The van der Waals surface area contributed by atoms with E-state index in [0.717, 1.165) is 22.0 Å². The van der Waals surface area contributed by atoms with E-state index in [0.29, 0.717) is 0 Å². The fraction of sp³-hybridized carbons (Fsp3) is 0.0833. The number of halogens is 1. The molecule has 0 fully saturated rings. The molecule has 2 nitrogen and oxygen atoms in total. The molecule has 0 bridgehead atoms. The molecule has 0 saturated heterocycles. The van der Waals surface area contributed by atoms with Crippen LogP contribution in [0.5, 0.6) is 0 Å². The lowest BCUT2D eigenvalue weighted by Crippen LogP contribution is -1.76. The second kappa shape index (κ2) is 4.32. The summed E-state index contributed by atoms with van der Waals surface area (Å²) < 4.78 is 5.13. The third kappa shape index (κ3) is 2.48. The fourth-order valence-electron chi connectivity index (χ4n) is 1.16. The summed E-state index contributed by atoms with van der Waals surface area (Å²) >= 11 is 5.98. The van der Waals surface area contributed by atoms with Crippen molar-refractivity contribution in [2.75, 3.05) is 0 Å². The normalized spacial score (nSPS) is 11.1. The van der Waals surface area contributed by atoms with Gasteiger partial charge in [-0.25, -0.2) is 0 Å². The van der Waals surface area contributed by atoms with Gasteiger partial charge in [0.1, 0.15) is 5.76 Å². The smallest absolute Gasteiger partial charge is 0.144 e. The Morgan fingerprint density at radius 3 is 2.87 bits per heavy atom. The molecule has 0 amide bonds. The average Bonchev–Trinajstić information content (AvgIpc) is 2.73.